The SMILES string of the molecule is O=C(CC(O)c1ccc(Cl)cc1)NC1CCN(C(=O)c2cc(-c3ccc(Cl)cc3)on2)CC1. The summed E-state index contributed by atoms with van der Waals surface area (Å²) < 4.78 is 5.33. The Bertz CT molecular complexity index is 1110. The molecule has 1 fully saturated rings. The van der Waals surface area contributed by atoms with Crippen molar-refractivity contribution in [3.8, 4) is 11.3 Å². The van der Waals surface area contributed by atoms with Crippen molar-refractivity contribution in [2.45, 2.75) is 31.4 Å². The summed E-state index contributed by atoms with van der Waals surface area (Å²) in [5, 5.41) is 18.3. The quantitative estimate of drug-likeness (QED) is 0.533. The van der Waals surface area contributed by atoms with Gasteiger partial charge in [-0.3, -0.25) is 9.59 Å². The third-order valence-electron chi connectivity index (χ3n) is 5.64. The molecule has 1 atom stereocenters. The first kappa shape index (κ1) is 23.3. The third-order valence-corrected chi connectivity index (χ3v) is 6.14. The van der Waals surface area contributed by atoms with Gasteiger partial charge in [-0.05, 0) is 54.8 Å². The highest BCUT2D eigenvalue weighted by molar-refractivity contribution is 6.30. The number of aromatic nitrogens is 1. The van der Waals surface area contributed by atoms with Crippen molar-refractivity contribution in [3.63, 3.8) is 0 Å². The number of likely N-dealkylation sites (tertiary alicyclic amines) is 1. The number of carbonyl (C=O) groups is 2. The van der Waals surface area contributed by atoms with E-state index in [1.807, 2.05) is 0 Å². The Morgan fingerprint density at radius 1 is 1.06 bits per heavy atom. The maximum Gasteiger partial charge on any atom is 0.276 e. The standard InChI is InChI=1S/C24H23Cl2N3O4/c25-17-5-1-15(2-6-17)21(30)14-23(31)27-19-9-11-29(12-10-19)24(32)20-13-22(33-28-20)16-3-7-18(26)8-4-16/h1-8,13,19,21,30H,9-12,14H2,(H,27,31). The zero-order chi connectivity index (χ0) is 23.4. The van der Waals surface area contributed by atoms with E-state index in [1.54, 1.807) is 59.5 Å². The summed E-state index contributed by atoms with van der Waals surface area (Å²) in [7, 11) is 0. The van der Waals surface area contributed by atoms with E-state index in [4.69, 9.17) is 27.7 Å². The van der Waals surface area contributed by atoms with Gasteiger partial charge in [0.05, 0.1) is 12.5 Å². The van der Waals surface area contributed by atoms with Gasteiger partial charge in [0.2, 0.25) is 5.91 Å². The van der Waals surface area contributed by atoms with Crippen LogP contribution in [-0.4, -0.2) is 46.1 Å². The average molecular weight is 488 g/mol. The largest absolute Gasteiger partial charge is 0.388 e. The number of halogens is 2. The number of rotatable bonds is 6. The number of amides is 2. The molecule has 0 radical (unpaired) electrons. The lowest BCUT2D eigenvalue weighted by atomic mass is 10.0. The van der Waals surface area contributed by atoms with Crippen LogP contribution in [0.5, 0.6) is 0 Å². The van der Waals surface area contributed by atoms with Gasteiger partial charge in [-0.15, -0.1) is 0 Å². The lowest BCUT2D eigenvalue weighted by Gasteiger charge is -2.32. The Labute approximate surface area is 201 Å². The number of benzene rings is 2. The van der Waals surface area contributed by atoms with Crippen LogP contribution < -0.4 is 5.32 Å². The van der Waals surface area contributed by atoms with Crippen LogP contribution in [0.25, 0.3) is 11.3 Å². The van der Waals surface area contributed by atoms with Crippen molar-refractivity contribution in [3.05, 3.63) is 75.9 Å². The molecule has 0 bridgehead atoms. The lowest BCUT2D eigenvalue weighted by Crippen LogP contribution is -2.46. The Kier molecular flexibility index (Phi) is 7.33. The minimum atomic E-state index is -0.897. The number of carbonyl (C=O) groups excluding carboxylic acids is 2. The molecule has 7 nitrogen and oxygen atoms in total. The molecule has 172 valence electrons. The van der Waals surface area contributed by atoms with Crippen LogP contribution in [0.3, 0.4) is 0 Å². The fourth-order valence-electron chi connectivity index (χ4n) is 3.78. The highest BCUT2D eigenvalue weighted by Gasteiger charge is 2.27. The van der Waals surface area contributed by atoms with Gasteiger partial charge in [-0.2, -0.15) is 0 Å². The molecule has 2 heterocycles. The molecule has 2 N–H and O–H groups in total. The highest BCUT2D eigenvalue weighted by atomic mass is 35.5. The second-order valence-corrected chi connectivity index (χ2v) is 8.86. The first-order chi connectivity index (χ1) is 15.9. The Balaban J connectivity index is 1.26. The van der Waals surface area contributed by atoms with Gasteiger partial charge in [0, 0.05) is 40.8 Å². The van der Waals surface area contributed by atoms with Crippen molar-refractivity contribution in [1.82, 2.24) is 15.4 Å². The number of hydrogen-bond acceptors (Lipinski definition) is 5. The number of piperidine rings is 1. The van der Waals surface area contributed by atoms with E-state index in [1.165, 1.54) is 0 Å². The van der Waals surface area contributed by atoms with Gasteiger partial charge < -0.3 is 19.8 Å². The molecule has 1 aliphatic rings. The number of aliphatic hydroxyl groups excluding tert-OH is 1. The number of hydrogen-bond donors (Lipinski definition) is 2. The van der Waals surface area contributed by atoms with Crippen molar-refractivity contribution in [1.29, 1.82) is 0 Å². The topological polar surface area (TPSA) is 95.7 Å². The van der Waals surface area contributed by atoms with Crippen LogP contribution >= 0.6 is 23.2 Å². The summed E-state index contributed by atoms with van der Waals surface area (Å²) in [5.74, 6) is 0.0599. The summed E-state index contributed by atoms with van der Waals surface area (Å²) in [4.78, 5) is 26.9. The molecule has 0 aliphatic carbocycles. The molecule has 0 spiro atoms. The van der Waals surface area contributed by atoms with Gasteiger partial charge in [0.1, 0.15) is 0 Å². The minimum absolute atomic E-state index is 0.0345. The molecule has 1 aliphatic heterocycles. The van der Waals surface area contributed by atoms with E-state index in [-0.39, 0.29) is 30.0 Å². The second-order valence-electron chi connectivity index (χ2n) is 7.99. The molecule has 3 aromatic rings. The first-order valence-electron chi connectivity index (χ1n) is 10.6. The van der Waals surface area contributed by atoms with Crippen LogP contribution in [0.15, 0.2) is 59.1 Å². The van der Waals surface area contributed by atoms with Gasteiger partial charge in [0.15, 0.2) is 11.5 Å². The number of aliphatic hydroxyl groups is 1. The summed E-state index contributed by atoms with van der Waals surface area (Å²) in [6.45, 7) is 0.985. The van der Waals surface area contributed by atoms with Crippen LogP contribution in [-0.2, 0) is 4.79 Å². The van der Waals surface area contributed by atoms with E-state index in [0.29, 0.717) is 47.3 Å². The van der Waals surface area contributed by atoms with E-state index >= 15 is 0 Å². The summed E-state index contributed by atoms with van der Waals surface area (Å²) in [5.41, 5.74) is 1.67. The maximum absolute atomic E-state index is 12.8. The fraction of sp³-hybridized carbons (Fsp3) is 0.292. The summed E-state index contributed by atoms with van der Waals surface area (Å²) in [6, 6.07) is 15.4. The molecule has 1 unspecified atom stereocenters. The lowest BCUT2D eigenvalue weighted by molar-refractivity contribution is -0.124. The van der Waals surface area contributed by atoms with E-state index < -0.39 is 6.10 Å². The number of nitrogens with zero attached hydrogens (tertiary/aromatic N) is 2. The van der Waals surface area contributed by atoms with E-state index in [9.17, 15) is 14.7 Å². The molecule has 4 rings (SSSR count). The van der Waals surface area contributed by atoms with Gasteiger partial charge >= 0.3 is 0 Å². The molecule has 1 aromatic heterocycles. The molecular weight excluding hydrogens is 465 g/mol. The maximum atomic E-state index is 12.8. The zero-order valence-corrected chi connectivity index (χ0v) is 19.2. The zero-order valence-electron chi connectivity index (χ0n) is 17.7. The molecular formula is C24H23Cl2N3O4. The van der Waals surface area contributed by atoms with Crippen LogP contribution in [0.4, 0.5) is 0 Å². The normalized spacial score (nSPS) is 15.3. The monoisotopic (exact) mass is 487 g/mol. The Hall–Kier alpha value is -2.87. The van der Waals surface area contributed by atoms with Gasteiger partial charge in [0.25, 0.3) is 5.91 Å². The summed E-state index contributed by atoms with van der Waals surface area (Å²) in [6.07, 6.45) is 0.311. The van der Waals surface area contributed by atoms with Crippen molar-refractivity contribution >= 4 is 35.0 Å². The third kappa shape index (κ3) is 5.93. The molecule has 9 heteroatoms. The van der Waals surface area contributed by atoms with E-state index in [0.717, 1.165) is 5.56 Å². The summed E-state index contributed by atoms with van der Waals surface area (Å²) >= 11 is 11.8. The predicted molar refractivity (Wildman–Crippen MR) is 125 cm³/mol. The van der Waals surface area contributed by atoms with Crippen LogP contribution in [0, 0.1) is 0 Å². The fourth-order valence-corrected chi connectivity index (χ4v) is 4.03. The smallest absolute Gasteiger partial charge is 0.276 e. The van der Waals surface area contributed by atoms with E-state index in [2.05, 4.69) is 10.5 Å². The van der Waals surface area contributed by atoms with Crippen molar-refractivity contribution in [2.24, 2.45) is 0 Å². The molecule has 1 saturated heterocycles. The molecule has 2 amide bonds. The second kappa shape index (κ2) is 10.4. The van der Waals surface area contributed by atoms with Crippen molar-refractivity contribution in [2.75, 3.05) is 13.1 Å². The molecule has 0 saturated carbocycles. The molecule has 33 heavy (non-hydrogen) atoms. The van der Waals surface area contributed by atoms with Crippen LogP contribution in [0.1, 0.15) is 41.4 Å². The van der Waals surface area contributed by atoms with Gasteiger partial charge in [-0.1, -0.05) is 40.5 Å². The first-order valence-corrected chi connectivity index (χ1v) is 11.4. The minimum Gasteiger partial charge on any atom is -0.388 e. The Morgan fingerprint density at radius 3 is 2.30 bits per heavy atom. The highest BCUT2D eigenvalue weighted by Crippen LogP contribution is 2.24. The molecule has 2 aromatic carbocycles. The predicted octanol–water partition coefficient (Wildman–Crippen LogP) is 4.49. The number of nitrogens with one attached hydrogen (secondary N) is 1. The van der Waals surface area contributed by atoms with Gasteiger partial charge in [-0.25, -0.2) is 0 Å². The Morgan fingerprint density at radius 2 is 1.67 bits per heavy atom. The van der Waals surface area contributed by atoms with Crippen molar-refractivity contribution < 1.29 is 19.2 Å². The average Bonchev–Trinajstić information content (AvgIpc) is 3.30. The van der Waals surface area contributed by atoms with Crippen LogP contribution in [0.2, 0.25) is 10.0 Å².